The van der Waals surface area contributed by atoms with Crippen molar-refractivity contribution in [2.45, 2.75) is 31.5 Å². The lowest BCUT2D eigenvalue weighted by atomic mass is 9.92. The number of ether oxygens (including phenoxy) is 1. The first-order valence-corrected chi connectivity index (χ1v) is 8.61. The second-order valence-corrected chi connectivity index (χ2v) is 6.48. The molecule has 1 aliphatic carbocycles. The summed E-state index contributed by atoms with van der Waals surface area (Å²) in [6, 6.07) is 6.26. The highest BCUT2D eigenvalue weighted by Gasteiger charge is 2.30. The number of nitrogens with zero attached hydrogens (tertiary/aromatic N) is 2. The molecule has 28 heavy (non-hydrogen) atoms. The van der Waals surface area contributed by atoms with Crippen LogP contribution >= 0.6 is 12.4 Å². The van der Waals surface area contributed by atoms with Crippen LogP contribution in [-0.4, -0.2) is 42.2 Å². The Bertz CT molecular complexity index is 794. The fourth-order valence-corrected chi connectivity index (χ4v) is 2.70. The first-order valence-electron chi connectivity index (χ1n) is 8.61. The molecule has 2 aromatic rings. The van der Waals surface area contributed by atoms with Crippen molar-refractivity contribution in [3.8, 4) is 5.88 Å². The highest BCUT2D eigenvalue weighted by molar-refractivity contribution is 6.02. The number of hydrogen-bond acceptors (Lipinski definition) is 5. The van der Waals surface area contributed by atoms with Gasteiger partial charge in [-0.05, 0) is 43.2 Å². The second-order valence-electron chi connectivity index (χ2n) is 6.48. The van der Waals surface area contributed by atoms with Crippen molar-refractivity contribution in [1.82, 2.24) is 10.1 Å². The highest BCUT2D eigenvalue weighted by Crippen LogP contribution is 2.30. The smallest absolute Gasteiger partial charge is 0.416 e. The largest absolute Gasteiger partial charge is 0.474 e. The number of halogens is 4. The summed E-state index contributed by atoms with van der Waals surface area (Å²) >= 11 is 0. The molecule has 1 aliphatic rings. The summed E-state index contributed by atoms with van der Waals surface area (Å²) in [5, 5.41) is 6.01. The Morgan fingerprint density at radius 3 is 2.75 bits per heavy atom. The lowest BCUT2D eigenvalue weighted by Gasteiger charge is -2.34. The lowest BCUT2D eigenvalue weighted by Crippen LogP contribution is -2.39. The van der Waals surface area contributed by atoms with Gasteiger partial charge in [0.25, 0.3) is 11.8 Å². The van der Waals surface area contributed by atoms with E-state index in [1.165, 1.54) is 37.5 Å². The molecule has 1 aromatic heterocycles. The number of rotatable bonds is 7. The molecule has 0 aliphatic heterocycles. The Morgan fingerprint density at radius 2 is 2.11 bits per heavy atom. The minimum Gasteiger partial charge on any atom is -0.474 e. The molecule has 0 unspecified atom stereocenters. The molecule has 0 spiro atoms. The molecule has 0 radical (unpaired) electrons. The summed E-state index contributed by atoms with van der Waals surface area (Å²) < 4.78 is 48.5. The van der Waals surface area contributed by atoms with Gasteiger partial charge in [-0.15, -0.1) is 12.4 Å². The molecule has 1 amide bonds. The number of nitrogens with one attached hydrogen (secondary N) is 1. The summed E-state index contributed by atoms with van der Waals surface area (Å²) in [5.41, 5.74) is -0.840. The van der Waals surface area contributed by atoms with Crippen molar-refractivity contribution < 1.29 is 27.2 Å². The van der Waals surface area contributed by atoms with Crippen molar-refractivity contribution in [2.75, 3.05) is 25.5 Å². The number of likely N-dealkylation sites (N-methyl/N-ethyl adjacent to an activating group) is 1. The summed E-state index contributed by atoms with van der Waals surface area (Å²) in [4.78, 5) is 14.3. The van der Waals surface area contributed by atoms with Crippen LogP contribution in [0.4, 0.5) is 18.9 Å². The van der Waals surface area contributed by atoms with E-state index in [2.05, 4.69) is 15.4 Å². The van der Waals surface area contributed by atoms with Crippen LogP contribution in [0, 0.1) is 0 Å². The molecule has 154 valence electrons. The molecule has 10 heteroatoms. The van der Waals surface area contributed by atoms with Gasteiger partial charge < -0.3 is 19.5 Å². The zero-order chi connectivity index (χ0) is 19.4. The van der Waals surface area contributed by atoms with E-state index in [9.17, 15) is 18.0 Å². The van der Waals surface area contributed by atoms with Crippen LogP contribution < -0.4 is 10.1 Å². The van der Waals surface area contributed by atoms with E-state index in [1.807, 2.05) is 7.05 Å². The number of carbonyl (C=O) groups excluding carboxylic acids is 1. The molecule has 1 saturated carbocycles. The van der Waals surface area contributed by atoms with Crippen LogP contribution in [0.5, 0.6) is 5.88 Å². The van der Waals surface area contributed by atoms with Crippen LogP contribution in [0.1, 0.15) is 35.4 Å². The predicted octanol–water partition coefficient (Wildman–Crippen LogP) is 4.23. The van der Waals surface area contributed by atoms with Gasteiger partial charge in [-0.3, -0.25) is 4.79 Å². The van der Waals surface area contributed by atoms with Gasteiger partial charge in [0.1, 0.15) is 6.61 Å². The van der Waals surface area contributed by atoms with Crippen molar-refractivity contribution >= 4 is 24.0 Å². The minimum absolute atomic E-state index is 0. The first-order chi connectivity index (χ1) is 12.8. The molecule has 6 nitrogen and oxygen atoms in total. The maximum Gasteiger partial charge on any atom is 0.416 e. The first kappa shape index (κ1) is 22.0. The average molecular weight is 420 g/mol. The SMILES string of the molecule is CN(CCOc1cc(C(=O)Nc2cccc(C(F)(F)F)c2)on1)C1CCC1.Cl. The Kier molecular flexibility index (Phi) is 7.31. The molecular formula is C18H21ClF3N3O3. The normalized spacial score (nSPS) is 14.3. The molecule has 0 atom stereocenters. The van der Waals surface area contributed by atoms with E-state index in [-0.39, 0.29) is 29.7 Å². The van der Waals surface area contributed by atoms with Gasteiger partial charge >= 0.3 is 6.18 Å². The summed E-state index contributed by atoms with van der Waals surface area (Å²) in [6.07, 6.45) is -0.842. The van der Waals surface area contributed by atoms with E-state index in [4.69, 9.17) is 9.26 Å². The van der Waals surface area contributed by atoms with Crippen molar-refractivity contribution in [3.05, 3.63) is 41.7 Å². The highest BCUT2D eigenvalue weighted by atomic mass is 35.5. The van der Waals surface area contributed by atoms with Crippen LogP contribution in [0.25, 0.3) is 0 Å². The Morgan fingerprint density at radius 1 is 1.36 bits per heavy atom. The number of anilines is 1. The number of amides is 1. The quantitative estimate of drug-likeness (QED) is 0.727. The average Bonchev–Trinajstić information content (AvgIpc) is 3.02. The Labute approximate surface area is 166 Å². The van der Waals surface area contributed by atoms with Crippen molar-refractivity contribution in [1.29, 1.82) is 0 Å². The van der Waals surface area contributed by atoms with E-state index in [1.54, 1.807) is 0 Å². The summed E-state index contributed by atoms with van der Waals surface area (Å²) in [6.45, 7) is 1.12. The molecule has 1 heterocycles. The number of benzene rings is 1. The van der Waals surface area contributed by atoms with Crippen LogP contribution in [0.2, 0.25) is 0 Å². The molecular weight excluding hydrogens is 399 g/mol. The number of carbonyl (C=O) groups is 1. The monoisotopic (exact) mass is 419 g/mol. The van der Waals surface area contributed by atoms with Gasteiger partial charge in [0.05, 0.1) is 11.6 Å². The standard InChI is InChI=1S/C18H20F3N3O3.ClH/c1-24(14-6-3-7-14)8-9-26-16-11-15(27-23-16)17(25)22-13-5-2-4-12(10-13)18(19,20)21;/h2,4-5,10-11,14H,3,6-9H2,1H3,(H,22,25);1H. The third kappa shape index (κ3) is 5.62. The van der Waals surface area contributed by atoms with Crippen molar-refractivity contribution in [2.24, 2.45) is 0 Å². The topological polar surface area (TPSA) is 67.6 Å². The number of hydrogen-bond donors (Lipinski definition) is 1. The maximum absolute atomic E-state index is 12.7. The Balaban J connectivity index is 0.00000280. The summed E-state index contributed by atoms with van der Waals surface area (Å²) in [7, 11) is 2.03. The molecule has 0 bridgehead atoms. The molecule has 1 fully saturated rings. The fourth-order valence-electron chi connectivity index (χ4n) is 2.70. The van der Waals surface area contributed by atoms with E-state index in [0.717, 1.165) is 18.7 Å². The van der Waals surface area contributed by atoms with Crippen molar-refractivity contribution in [3.63, 3.8) is 0 Å². The third-order valence-electron chi connectivity index (χ3n) is 4.55. The van der Waals surface area contributed by atoms with E-state index >= 15 is 0 Å². The minimum atomic E-state index is -4.49. The van der Waals surface area contributed by atoms with Gasteiger partial charge in [0, 0.05) is 18.3 Å². The van der Waals surface area contributed by atoms with Gasteiger partial charge in [-0.2, -0.15) is 13.2 Å². The predicted molar refractivity (Wildman–Crippen MR) is 98.9 cm³/mol. The summed E-state index contributed by atoms with van der Waals surface area (Å²) in [5.74, 6) is -0.691. The fraction of sp³-hybridized carbons (Fsp3) is 0.444. The zero-order valence-electron chi connectivity index (χ0n) is 15.2. The maximum atomic E-state index is 12.7. The van der Waals surface area contributed by atoms with Gasteiger partial charge in [-0.25, -0.2) is 0 Å². The lowest BCUT2D eigenvalue weighted by molar-refractivity contribution is -0.137. The van der Waals surface area contributed by atoms with Crippen LogP contribution in [0.3, 0.4) is 0 Å². The number of aromatic nitrogens is 1. The molecule has 3 rings (SSSR count). The Hall–Kier alpha value is -2.26. The van der Waals surface area contributed by atoms with Gasteiger partial charge in [0.2, 0.25) is 5.76 Å². The van der Waals surface area contributed by atoms with Gasteiger partial charge in [-0.1, -0.05) is 12.5 Å². The van der Waals surface area contributed by atoms with Crippen LogP contribution in [0.15, 0.2) is 34.9 Å². The molecule has 0 saturated heterocycles. The van der Waals surface area contributed by atoms with E-state index in [0.29, 0.717) is 12.6 Å². The molecule has 1 N–H and O–H groups in total. The molecule has 1 aromatic carbocycles. The third-order valence-corrected chi connectivity index (χ3v) is 4.55. The van der Waals surface area contributed by atoms with E-state index < -0.39 is 17.6 Å². The second kappa shape index (κ2) is 9.29. The number of alkyl halides is 3. The zero-order valence-corrected chi connectivity index (χ0v) is 16.0. The van der Waals surface area contributed by atoms with Gasteiger partial charge in [0.15, 0.2) is 0 Å². The van der Waals surface area contributed by atoms with Crippen LogP contribution in [-0.2, 0) is 6.18 Å².